The van der Waals surface area contributed by atoms with Gasteiger partial charge in [0, 0.05) is 60.4 Å². The standard InChI is InChI=1S/C60H37NO3/c1-2-12-38(13-3-1)39-24-26-42(27-25-39)52-37-58-53(49-16-6-7-21-55(49)62-58)36-54(52)61(43-32-28-40(29-33-43)45-17-10-19-50-47-14-4-8-22-56(47)63-59(45)50)44-34-30-41(31-35-44)46-18-11-20-51-48-15-5-9-23-57(48)64-60(46)51/h1-37H. The second-order valence-electron chi connectivity index (χ2n) is 16.4. The Bertz CT molecular complexity index is 3720. The molecule has 0 spiro atoms. The Labute approximate surface area is 368 Å². The minimum atomic E-state index is 0.843. The van der Waals surface area contributed by atoms with Crippen molar-refractivity contribution in [3.63, 3.8) is 0 Å². The molecule has 0 bridgehead atoms. The quantitative estimate of drug-likeness (QED) is 0.161. The molecule has 0 saturated heterocycles. The van der Waals surface area contributed by atoms with E-state index in [1.54, 1.807) is 0 Å². The third kappa shape index (κ3) is 5.84. The molecule has 300 valence electrons. The van der Waals surface area contributed by atoms with Crippen LogP contribution >= 0.6 is 0 Å². The molecule has 0 aliphatic rings. The number of benzene rings is 10. The van der Waals surface area contributed by atoms with E-state index in [0.29, 0.717) is 0 Å². The summed E-state index contributed by atoms with van der Waals surface area (Å²) in [6, 6.07) is 79.2. The number of hydrogen-bond acceptors (Lipinski definition) is 4. The molecule has 0 saturated carbocycles. The summed E-state index contributed by atoms with van der Waals surface area (Å²) in [4.78, 5) is 2.37. The van der Waals surface area contributed by atoms with Gasteiger partial charge < -0.3 is 18.2 Å². The number of anilines is 3. The summed E-state index contributed by atoms with van der Waals surface area (Å²) in [7, 11) is 0. The Hall–Kier alpha value is -8.60. The highest BCUT2D eigenvalue weighted by atomic mass is 16.3. The summed E-state index contributed by atoms with van der Waals surface area (Å²) >= 11 is 0. The highest BCUT2D eigenvalue weighted by molar-refractivity contribution is 6.12. The van der Waals surface area contributed by atoms with Crippen molar-refractivity contribution < 1.29 is 13.3 Å². The predicted molar refractivity (Wildman–Crippen MR) is 265 cm³/mol. The van der Waals surface area contributed by atoms with E-state index in [-0.39, 0.29) is 0 Å². The van der Waals surface area contributed by atoms with Crippen LogP contribution in [0.25, 0.3) is 110 Å². The van der Waals surface area contributed by atoms with E-state index in [1.165, 1.54) is 5.56 Å². The lowest BCUT2D eigenvalue weighted by atomic mass is 9.96. The average Bonchev–Trinajstić information content (AvgIpc) is 4.06. The van der Waals surface area contributed by atoms with E-state index < -0.39 is 0 Å². The predicted octanol–water partition coefficient (Wildman–Crippen LogP) is 17.5. The first-order chi connectivity index (χ1) is 31.7. The molecule has 13 aromatic rings. The van der Waals surface area contributed by atoms with Gasteiger partial charge >= 0.3 is 0 Å². The smallest absolute Gasteiger partial charge is 0.143 e. The molecule has 13 rings (SSSR count). The molecular weight excluding hydrogens is 783 g/mol. The van der Waals surface area contributed by atoms with Gasteiger partial charge in [0.2, 0.25) is 0 Å². The highest BCUT2D eigenvalue weighted by Crippen LogP contribution is 2.47. The van der Waals surface area contributed by atoms with E-state index >= 15 is 0 Å². The fraction of sp³-hybridized carbons (Fsp3) is 0. The lowest BCUT2D eigenvalue weighted by molar-refractivity contribution is 0.669. The molecule has 10 aromatic carbocycles. The zero-order valence-corrected chi connectivity index (χ0v) is 34.5. The zero-order chi connectivity index (χ0) is 42.1. The molecule has 0 atom stereocenters. The number of fused-ring (bicyclic) bond motifs is 9. The molecule has 0 fully saturated rings. The monoisotopic (exact) mass is 819 g/mol. The Morgan fingerprint density at radius 1 is 0.250 bits per heavy atom. The van der Waals surface area contributed by atoms with Gasteiger partial charge in [0.1, 0.15) is 33.5 Å². The summed E-state index contributed by atoms with van der Waals surface area (Å²) in [6.07, 6.45) is 0. The summed E-state index contributed by atoms with van der Waals surface area (Å²) in [5.41, 5.74) is 17.1. The fourth-order valence-electron chi connectivity index (χ4n) is 9.61. The minimum Gasteiger partial charge on any atom is -0.456 e. The first-order valence-electron chi connectivity index (χ1n) is 21.6. The summed E-state index contributed by atoms with van der Waals surface area (Å²) < 4.78 is 19.5. The van der Waals surface area contributed by atoms with Gasteiger partial charge in [0.15, 0.2) is 0 Å². The Balaban J connectivity index is 1.00. The lowest BCUT2D eigenvalue weighted by Crippen LogP contribution is -2.11. The molecule has 0 amide bonds. The summed E-state index contributed by atoms with van der Waals surface area (Å²) in [5, 5.41) is 6.60. The molecule has 0 N–H and O–H groups in total. The molecule has 0 aliphatic heterocycles. The van der Waals surface area contributed by atoms with Crippen LogP contribution < -0.4 is 4.90 Å². The maximum absolute atomic E-state index is 6.56. The van der Waals surface area contributed by atoms with Crippen LogP contribution in [0.15, 0.2) is 238 Å². The van der Waals surface area contributed by atoms with E-state index in [2.05, 4.69) is 193 Å². The van der Waals surface area contributed by atoms with Gasteiger partial charge in [-0.05, 0) is 82.4 Å². The van der Waals surface area contributed by atoms with Crippen LogP contribution in [0.2, 0.25) is 0 Å². The maximum atomic E-state index is 6.56. The third-order valence-corrected chi connectivity index (χ3v) is 12.7. The van der Waals surface area contributed by atoms with E-state index in [9.17, 15) is 0 Å². The molecule has 3 heterocycles. The van der Waals surface area contributed by atoms with E-state index in [4.69, 9.17) is 13.3 Å². The summed E-state index contributed by atoms with van der Waals surface area (Å²) in [5.74, 6) is 0. The SMILES string of the molecule is c1ccc(-c2ccc(-c3cc4oc5ccccc5c4cc3N(c3ccc(-c4cccc5c4oc4ccccc45)cc3)c3ccc(-c4cccc5c4oc4ccccc45)cc3)cc2)cc1. The van der Waals surface area contributed by atoms with Crippen LogP contribution in [-0.2, 0) is 0 Å². The van der Waals surface area contributed by atoms with Crippen LogP contribution in [0.1, 0.15) is 0 Å². The largest absolute Gasteiger partial charge is 0.456 e. The number of rotatable bonds is 7. The second-order valence-corrected chi connectivity index (χ2v) is 16.4. The lowest BCUT2D eigenvalue weighted by Gasteiger charge is -2.28. The average molecular weight is 820 g/mol. The number of furan rings is 3. The van der Waals surface area contributed by atoms with Crippen LogP contribution in [0.4, 0.5) is 17.1 Å². The Morgan fingerprint density at radius 2 is 0.656 bits per heavy atom. The van der Waals surface area contributed by atoms with Crippen molar-refractivity contribution in [1.82, 2.24) is 0 Å². The van der Waals surface area contributed by atoms with Crippen LogP contribution in [-0.4, -0.2) is 0 Å². The van der Waals surface area contributed by atoms with Crippen molar-refractivity contribution in [2.24, 2.45) is 0 Å². The van der Waals surface area contributed by atoms with Crippen molar-refractivity contribution in [2.75, 3.05) is 4.90 Å². The topological polar surface area (TPSA) is 42.7 Å². The molecule has 4 nitrogen and oxygen atoms in total. The van der Waals surface area contributed by atoms with Gasteiger partial charge in [-0.2, -0.15) is 0 Å². The molecule has 4 heteroatoms. The van der Waals surface area contributed by atoms with E-state index in [0.717, 1.165) is 122 Å². The Morgan fingerprint density at radius 3 is 1.20 bits per heavy atom. The van der Waals surface area contributed by atoms with Crippen molar-refractivity contribution in [3.05, 3.63) is 224 Å². The zero-order valence-electron chi connectivity index (χ0n) is 34.5. The first-order valence-corrected chi connectivity index (χ1v) is 21.6. The van der Waals surface area contributed by atoms with Gasteiger partial charge in [-0.25, -0.2) is 0 Å². The van der Waals surface area contributed by atoms with Gasteiger partial charge in [0.05, 0.1) is 5.69 Å². The molecule has 3 aromatic heterocycles. The molecule has 0 radical (unpaired) electrons. The van der Waals surface area contributed by atoms with Crippen LogP contribution in [0.3, 0.4) is 0 Å². The molecule has 0 aliphatic carbocycles. The van der Waals surface area contributed by atoms with Crippen molar-refractivity contribution >= 4 is 82.9 Å². The Kier molecular flexibility index (Phi) is 8.18. The number of para-hydroxylation sites is 5. The van der Waals surface area contributed by atoms with E-state index in [1.807, 2.05) is 36.4 Å². The molecule has 64 heavy (non-hydrogen) atoms. The highest BCUT2D eigenvalue weighted by Gasteiger charge is 2.22. The fourth-order valence-corrected chi connectivity index (χ4v) is 9.61. The van der Waals surface area contributed by atoms with Crippen LogP contribution in [0.5, 0.6) is 0 Å². The minimum absolute atomic E-state index is 0.843. The van der Waals surface area contributed by atoms with Gasteiger partial charge in [-0.3, -0.25) is 0 Å². The van der Waals surface area contributed by atoms with Gasteiger partial charge in [-0.1, -0.05) is 170 Å². The van der Waals surface area contributed by atoms with Crippen molar-refractivity contribution in [1.29, 1.82) is 0 Å². The molecule has 0 unspecified atom stereocenters. The van der Waals surface area contributed by atoms with Gasteiger partial charge in [-0.15, -0.1) is 0 Å². The second kappa shape index (κ2) is 14.5. The third-order valence-electron chi connectivity index (χ3n) is 12.7. The van der Waals surface area contributed by atoms with Crippen molar-refractivity contribution in [2.45, 2.75) is 0 Å². The normalized spacial score (nSPS) is 11.8. The first kappa shape index (κ1) is 36.1. The molecular formula is C60H37NO3. The summed E-state index contributed by atoms with van der Waals surface area (Å²) in [6.45, 7) is 0. The van der Waals surface area contributed by atoms with Crippen molar-refractivity contribution in [3.8, 4) is 44.5 Å². The number of nitrogens with zero attached hydrogens (tertiary/aromatic N) is 1. The van der Waals surface area contributed by atoms with Crippen LogP contribution in [0, 0.1) is 0 Å². The van der Waals surface area contributed by atoms with Gasteiger partial charge in [0.25, 0.3) is 0 Å². The number of hydrogen-bond donors (Lipinski definition) is 0. The maximum Gasteiger partial charge on any atom is 0.143 e.